The third-order valence-electron chi connectivity index (χ3n) is 6.15. The molecule has 1 aliphatic rings. The molecule has 0 aliphatic carbocycles. The fourth-order valence-corrected chi connectivity index (χ4v) is 4.88. The van der Waals surface area contributed by atoms with Gasteiger partial charge in [0.25, 0.3) is 5.91 Å². The van der Waals surface area contributed by atoms with Crippen molar-refractivity contribution < 1.29 is 4.79 Å². The number of fused-ring (bicyclic) bond motifs is 1. The molecule has 10 heteroatoms. The summed E-state index contributed by atoms with van der Waals surface area (Å²) in [5.74, 6) is 0.790. The number of hydrogen-bond acceptors (Lipinski definition) is 8. The van der Waals surface area contributed by atoms with Crippen LogP contribution >= 0.6 is 11.3 Å². The van der Waals surface area contributed by atoms with Gasteiger partial charge < -0.3 is 9.80 Å². The monoisotopic (exact) mass is 482 g/mol. The maximum absolute atomic E-state index is 12.6. The van der Waals surface area contributed by atoms with Gasteiger partial charge in [-0.25, -0.2) is 15.0 Å². The number of H-pyrrole nitrogens is 1. The number of nitrogens with one attached hydrogen (secondary N) is 2. The number of piperazine rings is 1. The van der Waals surface area contributed by atoms with Crippen LogP contribution in [0.25, 0.3) is 22.0 Å². The first-order valence-corrected chi connectivity index (χ1v) is 12.2. The number of hydrogen-bond donors (Lipinski definition) is 2. The fraction of sp³-hybridized carbons (Fsp3) is 0.160. The van der Waals surface area contributed by atoms with Gasteiger partial charge in [-0.15, -0.1) is 11.3 Å². The molecule has 3 aromatic heterocycles. The Balaban J connectivity index is 1.19. The number of amides is 1. The minimum Gasteiger partial charge on any atom is -0.368 e. The number of rotatable bonds is 5. The molecule has 0 unspecified atom stereocenters. The third-order valence-corrected chi connectivity index (χ3v) is 6.84. The molecule has 4 heterocycles. The predicted octanol–water partition coefficient (Wildman–Crippen LogP) is 4.06. The van der Waals surface area contributed by atoms with Crippen molar-refractivity contribution in [1.29, 1.82) is 0 Å². The molecule has 1 saturated heterocycles. The molecule has 0 radical (unpaired) electrons. The largest absolute Gasteiger partial charge is 0.368 e. The highest BCUT2D eigenvalue weighted by Crippen LogP contribution is 2.29. The van der Waals surface area contributed by atoms with E-state index in [1.54, 1.807) is 12.5 Å². The summed E-state index contributed by atoms with van der Waals surface area (Å²) in [7, 11) is 0. The van der Waals surface area contributed by atoms with Gasteiger partial charge in [-0.2, -0.15) is 5.10 Å². The summed E-state index contributed by atoms with van der Waals surface area (Å²) in [4.78, 5) is 30.5. The second-order valence-corrected chi connectivity index (χ2v) is 9.13. The van der Waals surface area contributed by atoms with Crippen LogP contribution in [0.4, 0.5) is 16.6 Å². The predicted molar refractivity (Wildman–Crippen MR) is 138 cm³/mol. The Morgan fingerprint density at radius 1 is 0.971 bits per heavy atom. The molecule has 0 atom stereocenters. The fourth-order valence-electron chi connectivity index (χ4n) is 4.36. The van der Waals surface area contributed by atoms with Crippen LogP contribution in [0.5, 0.6) is 0 Å². The number of benzene rings is 2. The maximum atomic E-state index is 12.6. The van der Waals surface area contributed by atoms with E-state index in [0.29, 0.717) is 10.7 Å². The van der Waals surface area contributed by atoms with E-state index < -0.39 is 0 Å². The number of aromatic amines is 1. The SMILES string of the molecule is O=C(Nc1nccs1)c1cccc(N2CCN(c3ncnc4ccc(-c5cn[nH]c5)cc34)CC2)c1. The minimum absolute atomic E-state index is 0.152. The summed E-state index contributed by atoms with van der Waals surface area (Å²) in [6.07, 6.45) is 7.00. The maximum Gasteiger partial charge on any atom is 0.257 e. The zero-order valence-electron chi connectivity index (χ0n) is 18.8. The van der Waals surface area contributed by atoms with Gasteiger partial charge in [-0.3, -0.25) is 15.2 Å². The van der Waals surface area contributed by atoms with Gasteiger partial charge in [0, 0.05) is 66.2 Å². The van der Waals surface area contributed by atoms with Crippen LogP contribution in [0.2, 0.25) is 0 Å². The smallest absolute Gasteiger partial charge is 0.257 e. The van der Waals surface area contributed by atoms with Gasteiger partial charge in [0.1, 0.15) is 12.1 Å². The Bertz CT molecular complexity index is 1460. The van der Waals surface area contributed by atoms with Gasteiger partial charge in [-0.1, -0.05) is 12.1 Å². The van der Waals surface area contributed by atoms with Crippen molar-refractivity contribution in [3.8, 4) is 11.1 Å². The molecular weight excluding hydrogens is 460 g/mol. The zero-order valence-corrected chi connectivity index (χ0v) is 19.6. The standard InChI is InChI=1S/C25H22N8OS/c34-24(31-25-26-6-11-35-25)18-2-1-3-20(12-18)32-7-9-33(10-8-32)23-21-13-17(19-14-29-30-15-19)4-5-22(21)27-16-28-23/h1-6,11-16H,7-10H2,(H,29,30)(H,26,31,34). The number of anilines is 3. The van der Waals surface area contributed by atoms with Crippen LogP contribution < -0.4 is 15.1 Å². The number of aromatic nitrogens is 5. The number of thiazole rings is 1. The summed E-state index contributed by atoms with van der Waals surface area (Å²) in [5.41, 5.74) is 4.68. The lowest BCUT2D eigenvalue weighted by Gasteiger charge is -2.37. The number of nitrogens with zero attached hydrogens (tertiary/aromatic N) is 6. The van der Waals surface area contributed by atoms with Crippen molar-refractivity contribution in [2.45, 2.75) is 0 Å². The van der Waals surface area contributed by atoms with E-state index in [-0.39, 0.29) is 5.91 Å². The average molecular weight is 483 g/mol. The van der Waals surface area contributed by atoms with Crippen LogP contribution in [0.15, 0.2) is 72.8 Å². The van der Waals surface area contributed by atoms with Gasteiger partial charge in [0.2, 0.25) is 0 Å². The van der Waals surface area contributed by atoms with Crippen molar-refractivity contribution in [2.75, 3.05) is 41.3 Å². The lowest BCUT2D eigenvalue weighted by molar-refractivity contribution is 0.102. The average Bonchev–Trinajstić information content (AvgIpc) is 3.63. The van der Waals surface area contributed by atoms with E-state index in [9.17, 15) is 4.79 Å². The van der Waals surface area contributed by atoms with Crippen molar-refractivity contribution in [3.05, 3.63) is 78.3 Å². The number of carbonyl (C=O) groups is 1. The van der Waals surface area contributed by atoms with E-state index in [4.69, 9.17) is 0 Å². The second-order valence-electron chi connectivity index (χ2n) is 8.23. The lowest BCUT2D eigenvalue weighted by Crippen LogP contribution is -2.47. The molecule has 9 nitrogen and oxygen atoms in total. The first-order valence-electron chi connectivity index (χ1n) is 11.3. The lowest BCUT2D eigenvalue weighted by atomic mass is 10.1. The Labute approximate surface area is 205 Å². The van der Waals surface area contributed by atoms with E-state index in [1.807, 2.05) is 48.1 Å². The normalized spacial score (nSPS) is 13.8. The van der Waals surface area contributed by atoms with Crippen LogP contribution in [0.1, 0.15) is 10.4 Å². The Hall–Kier alpha value is -4.31. The van der Waals surface area contributed by atoms with Crippen molar-refractivity contribution in [1.82, 2.24) is 25.1 Å². The highest BCUT2D eigenvalue weighted by molar-refractivity contribution is 7.13. The summed E-state index contributed by atoms with van der Waals surface area (Å²) >= 11 is 1.40. The van der Waals surface area contributed by atoms with Crippen LogP contribution in [-0.4, -0.2) is 57.2 Å². The summed E-state index contributed by atoms with van der Waals surface area (Å²) in [6.45, 7) is 3.28. The molecule has 5 aromatic rings. The molecule has 2 aromatic carbocycles. The highest BCUT2D eigenvalue weighted by atomic mass is 32.1. The zero-order chi connectivity index (χ0) is 23.6. The van der Waals surface area contributed by atoms with E-state index in [1.165, 1.54) is 11.3 Å². The van der Waals surface area contributed by atoms with Crippen molar-refractivity contribution >= 4 is 44.8 Å². The molecular formula is C25H22N8OS. The molecule has 0 spiro atoms. The summed E-state index contributed by atoms with van der Waals surface area (Å²) in [6, 6.07) is 14.0. The molecule has 6 rings (SSSR count). The van der Waals surface area contributed by atoms with Crippen LogP contribution in [0.3, 0.4) is 0 Å². The molecule has 2 N–H and O–H groups in total. The van der Waals surface area contributed by atoms with Gasteiger partial charge >= 0.3 is 0 Å². The molecule has 1 aliphatic heterocycles. The van der Waals surface area contributed by atoms with Crippen molar-refractivity contribution in [3.63, 3.8) is 0 Å². The molecule has 0 saturated carbocycles. The Morgan fingerprint density at radius 3 is 2.66 bits per heavy atom. The van der Waals surface area contributed by atoms with Gasteiger partial charge in [0.05, 0.1) is 11.7 Å². The molecule has 35 heavy (non-hydrogen) atoms. The van der Waals surface area contributed by atoms with Gasteiger partial charge in [0.15, 0.2) is 5.13 Å². The highest BCUT2D eigenvalue weighted by Gasteiger charge is 2.21. The minimum atomic E-state index is -0.152. The first kappa shape index (κ1) is 21.2. The Morgan fingerprint density at radius 2 is 1.86 bits per heavy atom. The van der Waals surface area contributed by atoms with Gasteiger partial charge in [-0.05, 0) is 35.9 Å². The summed E-state index contributed by atoms with van der Waals surface area (Å²) < 4.78 is 0. The number of carbonyl (C=O) groups excluding carboxylic acids is 1. The third kappa shape index (κ3) is 4.31. The first-order chi connectivity index (χ1) is 17.2. The van der Waals surface area contributed by atoms with Crippen LogP contribution in [0, 0.1) is 0 Å². The summed E-state index contributed by atoms with van der Waals surface area (Å²) in [5, 5.41) is 13.3. The Kier molecular flexibility index (Phi) is 5.55. The quantitative estimate of drug-likeness (QED) is 0.389. The molecule has 1 fully saturated rings. The van der Waals surface area contributed by atoms with E-state index in [0.717, 1.165) is 59.7 Å². The second kappa shape index (κ2) is 9.15. The van der Waals surface area contributed by atoms with E-state index in [2.05, 4.69) is 52.4 Å². The van der Waals surface area contributed by atoms with E-state index >= 15 is 0 Å². The molecule has 1 amide bonds. The topological polar surface area (TPSA) is 103 Å². The van der Waals surface area contributed by atoms with Crippen molar-refractivity contribution in [2.24, 2.45) is 0 Å². The molecule has 174 valence electrons. The van der Waals surface area contributed by atoms with Crippen LogP contribution in [-0.2, 0) is 0 Å². The molecule has 0 bridgehead atoms.